The fourth-order valence-corrected chi connectivity index (χ4v) is 3.99. The highest BCUT2D eigenvalue weighted by molar-refractivity contribution is 7.07. The molecule has 2 fully saturated rings. The molecule has 1 unspecified atom stereocenters. The largest absolute Gasteiger partial charge is 0.376 e. The number of hydrogen-bond donors (Lipinski definition) is 1. The molecule has 3 rings (SSSR count). The summed E-state index contributed by atoms with van der Waals surface area (Å²) in [5.74, 6) is 0.996. The van der Waals surface area contributed by atoms with Crippen molar-refractivity contribution in [1.29, 1.82) is 0 Å². The van der Waals surface area contributed by atoms with E-state index in [1.807, 2.05) is 7.05 Å². The second-order valence-corrected chi connectivity index (χ2v) is 7.32. The number of aliphatic imine (C=N–C) groups is 1. The molecule has 2 aliphatic rings. The van der Waals surface area contributed by atoms with Crippen LogP contribution < -0.4 is 5.32 Å². The molecule has 1 aromatic heterocycles. The van der Waals surface area contributed by atoms with Gasteiger partial charge in [-0.15, -0.1) is 0 Å². The SMILES string of the molecule is CN=C(NCc1ccsc1)N1CCC(OCC2CCCCO2)CC1. The third kappa shape index (κ3) is 5.19. The molecule has 0 aliphatic carbocycles. The minimum absolute atomic E-state index is 0.317. The Hall–Kier alpha value is -1.11. The van der Waals surface area contributed by atoms with Crippen LogP contribution in [0.25, 0.3) is 0 Å². The van der Waals surface area contributed by atoms with Crippen LogP contribution >= 0.6 is 11.3 Å². The van der Waals surface area contributed by atoms with Crippen molar-refractivity contribution in [3.8, 4) is 0 Å². The van der Waals surface area contributed by atoms with Gasteiger partial charge >= 0.3 is 0 Å². The van der Waals surface area contributed by atoms with Gasteiger partial charge in [0.2, 0.25) is 0 Å². The summed E-state index contributed by atoms with van der Waals surface area (Å²) in [5.41, 5.74) is 1.31. The molecule has 24 heavy (non-hydrogen) atoms. The van der Waals surface area contributed by atoms with Crippen molar-refractivity contribution in [3.05, 3.63) is 22.4 Å². The van der Waals surface area contributed by atoms with E-state index in [1.165, 1.54) is 18.4 Å². The molecule has 5 nitrogen and oxygen atoms in total. The lowest BCUT2D eigenvalue weighted by Gasteiger charge is -2.35. The van der Waals surface area contributed by atoms with Gasteiger partial charge in [-0.2, -0.15) is 11.3 Å². The number of piperidine rings is 1. The van der Waals surface area contributed by atoms with Gasteiger partial charge in [-0.1, -0.05) is 0 Å². The van der Waals surface area contributed by atoms with Crippen LogP contribution in [0, 0.1) is 0 Å². The average Bonchev–Trinajstić information content (AvgIpc) is 3.16. The number of likely N-dealkylation sites (tertiary alicyclic amines) is 1. The van der Waals surface area contributed by atoms with Crippen molar-refractivity contribution >= 4 is 17.3 Å². The fourth-order valence-electron chi connectivity index (χ4n) is 3.32. The number of nitrogens with one attached hydrogen (secondary N) is 1. The summed E-state index contributed by atoms with van der Waals surface area (Å²) in [7, 11) is 1.86. The first-order valence-electron chi connectivity index (χ1n) is 9.05. The Morgan fingerprint density at radius 3 is 2.92 bits per heavy atom. The van der Waals surface area contributed by atoms with Crippen molar-refractivity contribution in [2.75, 3.05) is 33.4 Å². The first kappa shape index (κ1) is 17.7. The number of guanidine groups is 1. The molecule has 134 valence electrons. The predicted molar refractivity (Wildman–Crippen MR) is 98.7 cm³/mol. The minimum Gasteiger partial charge on any atom is -0.376 e. The Kier molecular flexibility index (Phi) is 6.93. The van der Waals surface area contributed by atoms with Gasteiger partial charge in [-0.25, -0.2) is 0 Å². The van der Waals surface area contributed by atoms with E-state index in [4.69, 9.17) is 9.47 Å². The zero-order valence-corrected chi connectivity index (χ0v) is 15.4. The van der Waals surface area contributed by atoms with Crippen molar-refractivity contribution < 1.29 is 9.47 Å². The monoisotopic (exact) mass is 351 g/mol. The minimum atomic E-state index is 0.317. The third-order valence-corrected chi connectivity index (χ3v) is 5.51. The molecule has 0 spiro atoms. The van der Waals surface area contributed by atoms with Crippen molar-refractivity contribution in [2.45, 2.75) is 50.9 Å². The number of ether oxygens (including phenoxy) is 2. The lowest BCUT2D eigenvalue weighted by Crippen LogP contribution is -2.47. The van der Waals surface area contributed by atoms with E-state index in [1.54, 1.807) is 11.3 Å². The first-order chi connectivity index (χ1) is 11.8. The maximum Gasteiger partial charge on any atom is 0.193 e. The summed E-state index contributed by atoms with van der Waals surface area (Å²) in [4.78, 5) is 6.77. The quantitative estimate of drug-likeness (QED) is 0.654. The van der Waals surface area contributed by atoms with E-state index in [0.717, 1.165) is 58.1 Å². The standard InChI is InChI=1S/C18H29N3O2S/c1-19-18(20-12-15-7-11-24-14-15)21-8-5-16(6-9-21)23-13-17-4-2-3-10-22-17/h7,11,14,16-17H,2-6,8-10,12-13H2,1H3,(H,19,20). The molecule has 3 heterocycles. The predicted octanol–water partition coefficient (Wildman–Crippen LogP) is 2.87. The Labute approximate surface area is 149 Å². The van der Waals surface area contributed by atoms with Gasteiger partial charge in [0.05, 0.1) is 18.8 Å². The van der Waals surface area contributed by atoms with Crippen LogP contribution in [0.1, 0.15) is 37.7 Å². The molecule has 6 heteroatoms. The van der Waals surface area contributed by atoms with Crippen molar-refractivity contribution in [2.24, 2.45) is 4.99 Å². The Balaban J connectivity index is 1.37. The lowest BCUT2D eigenvalue weighted by atomic mass is 10.1. The summed E-state index contributed by atoms with van der Waals surface area (Å²) >= 11 is 1.73. The summed E-state index contributed by atoms with van der Waals surface area (Å²) in [6.45, 7) is 4.50. The smallest absolute Gasteiger partial charge is 0.193 e. The second-order valence-electron chi connectivity index (χ2n) is 6.54. The molecule has 1 aromatic rings. The van der Waals surface area contributed by atoms with Gasteiger partial charge in [0.25, 0.3) is 0 Å². The number of nitrogens with zero attached hydrogens (tertiary/aromatic N) is 2. The normalized spacial score (nSPS) is 23.5. The van der Waals surface area contributed by atoms with Crippen LogP contribution in [-0.4, -0.2) is 56.4 Å². The molecule has 0 bridgehead atoms. The van der Waals surface area contributed by atoms with Crippen molar-refractivity contribution in [1.82, 2.24) is 10.2 Å². The zero-order valence-electron chi connectivity index (χ0n) is 14.6. The topological polar surface area (TPSA) is 46.1 Å². The summed E-state index contributed by atoms with van der Waals surface area (Å²) in [5, 5.41) is 7.75. The number of thiophene rings is 1. The summed E-state index contributed by atoms with van der Waals surface area (Å²) in [6, 6.07) is 2.15. The van der Waals surface area contributed by atoms with Gasteiger partial charge in [-0.05, 0) is 54.5 Å². The molecule has 2 aliphatic heterocycles. The molecule has 1 atom stereocenters. The van der Waals surface area contributed by atoms with Gasteiger partial charge in [0, 0.05) is 33.3 Å². The van der Waals surface area contributed by atoms with Crippen LogP contribution in [0.15, 0.2) is 21.8 Å². The lowest BCUT2D eigenvalue weighted by molar-refractivity contribution is -0.0721. The highest BCUT2D eigenvalue weighted by atomic mass is 32.1. The average molecular weight is 352 g/mol. The van der Waals surface area contributed by atoms with Gasteiger partial charge < -0.3 is 19.7 Å². The summed E-state index contributed by atoms with van der Waals surface area (Å²) in [6.07, 6.45) is 6.43. The number of hydrogen-bond acceptors (Lipinski definition) is 4. The van der Waals surface area contributed by atoms with E-state index in [2.05, 4.69) is 32.0 Å². The highest BCUT2D eigenvalue weighted by Crippen LogP contribution is 2.18. The Bertz CT molecular complexity index is 492. The van der Waals surface area contributed by atoms with Crippen LogP contribution in [0.4, 0.5) is 0 Å². The number of rotatable bonds is 5. The summed E-state index contributed by atoms with van der Waals surface area (Å²) < 4.78 is 11.8. The molecular formula is C18H29N3O2S. The molecule has 0 aromatic carbocycles. The first-order valence-corrected chi connectivity index (χ1v) is 9.99. The van der Waals surface area contributed by atoms with Gasteiger partial charge in [-0.3, -0.25) is 4.99 Å². The van der Waals surface area contributed by atoms with E-state index >= 15 is 0 Å². The van der Waals surface area contributed by atoms with Crippen molar-refractivity contribution in [3.63, 3.8) is 0 Å². The van der Waals surface area contributed by atoms with Gasteiger partial charge in [0.1, 0.15) is 0 Å². The molecule has 0 radical (unpaired) electrons. The van der Waals surface area contributed by atoms with E-state index in [0.29, 0.717) is 12.2 Å². The van der Waals surface area contributed by atoms with Crippen LogP contribution in [0.2, 0.25) is 0 Å². The van der Waals surface area contributed by atoms with Crippen LogP contribution in [-0.2, 0) is 16.0 Å². The fraction of sp³-hybridized carbons (Fsp3) is 0.722. The maximum absolute atomic E-state index is 6.09. The molecule has 0 amide bonds. The molecule has 0 saturated carbocycles. The van der Waals surface area contributed by atoms with E-state index in [-0.39, 0.29) is 0 Å². The van der Waals surface area contributed by atoms with Gasteiger partial charge in [0.15, 0.2) is 5.96 Å². The highest BCUT2D eigenvalue weighted by Gasteiger charge is 2.23. The molecular weight excluding hydrogens is 322 g/mol. The molecule has 1 N–H and O–H groups in total. The van der Waals surface area contributed by atoms with E-state index < -0.39 is 0 Å². The van der Waals surface area contributed by atoms with Crippen LogP contribution in [0.3, 0.4) is 0 Å². The second kappa shape index (κ2) is 9.39. The molecule has 2 saturated heterocycles. The van der Waals surface area contributed by atoms with E-state index in [9.17, 15) is 0 Å². The Morgan fingerprint density at radius 2 is 2.25 bits per heavy atom. The third-order valence-electron chi connectivity index (χ3n) is 4.78. The zero-order chi connectivity index (χ0) is 16.6. The Morgan fingerprint density at radius 1 is 1.38 bits per heavy atom. The maximum atomic E-state index is 6.09. The van der Waals surface area contributed by atoms with Crippen LogP contribution in [0.5, 0.6) is 0 Å².